The molecule has 0 aromatic carbocycles. The van der Waals surface area contributed by atoms with Gasteiger partial charge in [-0.2, -0.15) is 0 Å². The Morgan fingerprint density at radius 1 is 1.21 bits per heavy atom. The highest BCUT2D eigenvalue weighted by atomic mass is 16.2. The zero-order chi connectivity index (χ0) is 10.3. The monoisotopic (exact) mass is 194 g/mol. The third-order valence-electron chi connectivity index (χ3n) is 2.95. The van der Waals surface area contributed by atoms with Crippen LogP contribution in [0.4, 0.5) is 0 Å². The normalized spacial score (nSPS) is 19.0. The van der Waals surface area contributed by atoms with Crippen molar-refractivity contribution >= 4 is 0 Å². The molecule has 1 aliphatic rings. The van der Waals surface area contributed by atoms with Gasteiger partial charge in [-0.05, 0) is 19.3 Å². The number of hydrogen-bond acceptors (Lipinski definition) is 2. The van der Waals surface area contributed by atoms with Crippen LogP contribution in [0.15, 0.2) is 9.59 Å². The van der Waals surface area contributed by atoms with Gasteiger partial charge in [-0.25, -0.2) is 4.79 Å². The Morgan fingerprint density at radius 2 is 1.93 bits per heavy atom. The van der Waals surface area contributed by atoms with Crippen LogP contribution in [0.2, 0.25) is 0 Å². The molecule has 1 aliphatic carbocycles. The zero-order valence-corrected chi connectivity index (χ0v) is 8.44. The number of fused-ring (bicyclic) bond motifs is 1. The number of nitrogens with one attached hydrogen (secondary N) is 2. The summed E-state index contributed by atoms with van der Waals surface area (Å²) in [5.41, 5.74) is 0.861. The van der Waals surface area contributed by atoms with E-state index in [0.29, 0.717) is 0 Å². The van der Waals surface area contributed by atoms with E-state index in [0.717, 1.165) is 30.5 Å². The first-order valence-corrected chi connectivity index (χ1v) is 4.87. The molecular formula is C10H14N2O2. The van der Waals surface area contributed by atoms with E-state index in [2.05, 4.69) is 23.8 Å². The van der Waals surface area contributed by atoms with Crippen LogP contribution in [0.3, 0.4) is 0 Å². The molecule has 0 amide bonds. The lowest BCUT2D eigenvalue weighted by Gasteiger charge is -2.30. The molecule has 0 fully saturated rings. The van der Waals surface area contributed by atoms with Crippen LogP contribution in [0.25, 0.3) is 0 Å². The van der Waals surface area contributed by atoms with E-state index < -0.39 is 5.69 Å². The molecule has 0 saturated carbocycles. The van der Waals surface area contributed by atoms with Gasteiger partial charge in [0, 0.05) is 16.7 Å². The fourth-order valence-electron chi connectivity index (χ4n) is 2.16. The van der Waals surface area contributed by atoms with Crippen molar-refractivity contribution in [1.82, 2.24) is 9.97 Å². The van der Waals surface area contributed by atoms with Crippen molar-refractivity contribution in [3.05, 3.63) is 32.1 Å². The third kappa shape index (κ3) is 1.31. The van der Waals surface area contributed by atoms with Crippen LogP contribution in [-0.2, 0) is 11.8 Å². The molecule has 0 atom stereocenters. The van der Waals surface area contributed by atoms with Gasteiger partial charge in [-0.3, -0.25) is 9.78 Å². The molecule has 0 spiro atoms. The number of aromatic nitrogens is 2. The lowest BCUT2D eigenvalue weighted by molar-refractivity contribution is 0.413. The highest BCUT2D eigenvalue weighted by Crippen LogP contribution is 2.32. The Labute approximate surface area is 81.4 Å². The van der Waals surface area contributed by atoms with Crippen molar-refractivity contribution in [1.29, 1.82) is 0 Å². The van der Waals surface area contributed by atoms with Gasteiger partial charge in [0.15, 0.2) is 0 Å². The van der Waals surface area contributed by atoms with E-state index in [1.807, 2.05) is 0 Å². The zero-order valence-electron chi connectivity index (χ0n) is 8.44. The average Bonchev–Trinajstić information content (AvgIpc) is 2.06. The second-order valence-electron chi connectivity index (χ2n) is 4.50. The third-order valence-corrected chi connectivity index (χ3v) is 2.95. The summed E-state index contributed by atoms with van der Waals surface area (Å²) >= 11 is 0. The maximum Gasteiger partial charge on any atom is 0.325 e. The maximum atomic E-state index is 11.5. The van der Waals surface area contributed by atoms with Gasteiger partial charge >= 0.3 is 5.69 Å². The summed E-state index contributed by atoms with van der Waals surface area (Å²) in [4.78, 5) is 27.7. The van der Waals surface area contributed by atoms with Crippen molar-refractivity contribution in [2.75, 3.05) is 0 Å². The van der Waals surface area contributed by atoms with Crippen molar-refractivity contribution in [3.63, 3.8) is 0 Å². The molecule has 1 aromatic heterocycles. The second-order valence-corrected chi connectivity index (χ2v) is 4.50. The van der Waals surface area contributed by atoms with Crippen LogP contribution >= 0.6 is 0 Å². The summed E-state index contributed by atoms with van der Waals surface area (Å²) in [6.07, 6.45) is 2.79. The molecule has 1 heterocycles. The van der Waals surface area contributed by atoms with E-state index in [-0.39, 0.29) is 11.0 Å². The summed E-state index contributed by atoms with van der Waals surface area (Å²) in [7, 11) is 0. The van der Waals surface area contributed by atoms with E-state index >= 15 is 0 Å². The Kier molecular flexibility index (Phi) is 1.87. The smallest absolute Gasteiger partial charge is 0.310 e. The summed E-state index contributed by atoms with van der Waals surface area (Å²) in [5, 5.41) is 0. The van der Waals surface area contributed by atoms with Crippen molar-refractivity contribution < 1.29 is 0 Å². The van der Waals surface area contributed by atoms with Gasteiger partial charge in [-0.1, -0.05) is 13.8 Å². The van der Waals surface area contributed by atoms with Crippen LogP contribution in [0, 0.1) is 0 Å². The fraction of sp³-hybridized carbons (Fsp3) is 0.600. The molecule has 0 bridgehead atoms. The first-order chi connectivity index (χ1) is 6.50. The number of rotatable bonds is 0. The van der Waals surface area contributed by atoms with Crippen molar-refractivity contribution in [2.45, 2.75) is 38.5 Å². The van der Waals surface area contributed by atoms with Crippen molar-refractivity contribution in [3.8, 4) is 0 Å². The minimum absolute atomic E-state index is 0.0823. The van der Waals surface area contributed by atoms with Gasteiger partial charge in [-0.15, -0.1) is 0 Å². The van der Waals surface area contributed by atoms with Crippen molar-refractivity contribution in [2.24, 2.45) is 0 Å². The fourth-order valence-corrected chi connectivity index (χ4v) is 2.16. The molecule has 1 aromatic rings. The number of aromatic amines is 2. The topological polar surface area (TPSA) is 65.7 Å². The molecular weight excluding hydrogens is 180 g/mol. The first-order valence-electron chi connectivity index (χ1n) is 4.87. The Hall–Kier alpha value is -1.32. The second kappa shape index (κ2) is 2.83. The highest BCUT2D eigenvalue weighted by molar-refractivity contribution is 5.26. The molecule has 4 heteroatoms. The van der Waals surface area contributed by atoms with E-state index in [4.69, 9.17) is 0 Å². The van der Waals surface area contributed by atoms with Crippen LogP contribution in [0.5, 0.6) is 0 Å². The molecule has 76 valence electrons. The Bertz CT molecular complexity index is 468. The molecule has 14 heavy (non-hydrogen) atoms. The summed E-state index contributed by atoms with van der Waals surface area (Å²) in [6.45, 7) is 4.11. The number of H-pyrrole nitrogens is 2. The molecule has 0 aliphatic heterocycles. The molecule has 4 nitrogen and oxygen atoms in total. The van der Waals surface area contributed by atoms with Gasteiger partial charge in [0.2, 0.25) is 0 Å². The van der Waals surface area contributed by atoms with E-state index in [1.54, 1.807) is 0 Å². The molecule has 0 saturated heterocycles. The number of hydrogen-bond donors (Lipinski definition) is 2. The predicted molar refractivity (Wildman–Crippen MR) is 53.6 cm³/mol. The van der Waals surface area contributed by atoms with Gasteiger partial charge in [0.25, 0.3) is 5.56 Å². The first kappa shape index (κ1) is 9.24. The molecule has 2 rings (SSSR count). The van der Waals surface area contributed by atoms with Gasteiger partial charge in [0.1, 0.15) is 0 Å². The predicted octanol–water partition coefficient (Wildman–Crippen LogP) is 0.677. The average molecular weight is 194 g/mol. The van der Waals surface area contributed by atoms with Gasteiger partial charge in [0.05, 0.1) is 0 Å². The lowest BCUT2D eigenvalue weighted by atomic mass is 9.76. The lowest BCUT2D eigenvalue weighted by Crippen LogP contribution is -2.36. The van der Waals surface area contributed by atoms with Crippen LogP contribution in [-0.4, -0.2) is 9.97 Å². The minimum Gasteiger partial charge on any atom is -0.310 e. The highest BCUT2D eigenvalue weighted by Gasteiger charge is 2.29. The summed E-state index contributed by atoms with van der Waals surface area (Å²) in [6, 6.07) is 0. The SMILES string of the molecule is CC1(C)CCCc2c1[nH]c(=O)[nH]c2=O. The molecule has 2 N–H and O–H groups in total. The van der Waals surface area contributed by atoms with Crippen LogP contribution < -0.4 is 11.2 Å². The Morgan fingerprint density at radius 3 is 2.64 bits per heavy atom. The quantitative estimate of drug-likeness (QED) is 0.637. The Balaban J connectivity index is 2.76. The maximum absolute atomic E-state index is 11.5. The standard InChI is InChI=1S/C10H14N2O2/c1-10(2)5-3-4-6-7(10)11-9(14)12-8(6)13/h3-5H2,1-2H3,(H2,11,12,13,14). The summed E-state index contributed by atoms with van der Waals surface area (Å²) < 4.78 is 0. The molecule has 0 radical (unpaired) electrons. The minimum atomic E-state index is -0.399. The molecule has 0 unspecified atom stereocenters. The van der Waals surface area contributed by atoms with Crippen LogP contribution in [0.1, 0.15) is 37.9 Å². The largest absolute Gasteiger partial charge is 0.325 e. The van der Waals surface area contributed by atoms with Gasteiger partial charge < -0.3 is 4.98 Å². The summed E-state index contributed by atoms with van der Waals surface area (Å²) in [5.74, 6) is 0. The van der Waals surface area contributed by atoms with E-state index in [1.165, 1.54) is 0 Å². The van der Waals surface area contributed by atoms with E-state index in [9.17, 15) is 9.59 Å².